The van der Waals surface area contributed by atoms with Crippen molar-refractivity contribution in [3.8, 4) is 0 Å². The lowest BCUT2D eigenvalue weighted by Gasteiger charge is -2.23. The summed E-state index contributed by atoms with van der Waals surface area (Å²) in [6.45, 7) is 2.04. The van der Waals surface area contributed by atoms with Crippen molar-refractivity contribution in [2.24, 2.45) is 0 Å². The Balaban J connectivity index is 2.24. The topological polar surface area (TPSA) is 55.2 Å². The normalized spacial score (nSPS) is 17.3. The van der Waals surface area contributed by atoms with Crippen LogP contribution in [0.25, 0.3) is 0 Å². The summed E-state index contributed by atoms with van der Waals surface area (Å²) in [7, 11) is 0. The lowest BCUT2D eigenvalue weighted by atomic mass is 9.90. The van der Waals surface area contributed by atoms with Gasteiger partial charge >= 0.3 is 0 Å². The van der Waals surface area contributed by atoms with E-state index >= 15 is 0 Å². The van der Waals surface area contributed by atoms with Gasteiger partial charge in [-0.3, -0.25) is 10.1 Å². The van der Waals surface area contributed by atoms with Crippen LogP contribution in [0, 0.1) is 10.1 Å². The van der Waals surface area contributed by atoms with Crippen molar-refractivity contribution in [2.75, 3.05) is 13.1 Å². The van der Waals surface area contributed by atoms with Gasteiger partial charge in [-0.15, -0.1) is 0 Å². The number of hydrogen-bond donors (Lipinski definition) is 1. The lowest BCUT2D eigenvalue weighted by molar-refractivity contribution is -0.384. The predicted molar refractivity (Wildman–Crippen MR) is 65.6 cm³/mol. The van der Waals surface area contributed by atoms with Crippen LogP contribution in [0.4, 0.5) is 5.69 Å². The average molecular weight is 285 g/mol. The summed E-state index contributed by atoms with van der Waals surface area (Å²) in [4.78, 5) is 10.3. The number of nitrogens with one attached hydrogen (secondary N) is 1. The molecule has 1 aliphatic heterocycles. The van der Waals surface area contributed by atoms with Gasteiger partial charge in [0, 0.05) is 16.6 Å². The molecule has 0 atom stereocenters. The number of piperidine rings is 1. The first-order valence-corrected chi connectivity index (χ1v) is 6.12. The number of nitro groups is 1. The molecule has 0 radical (unpaired) electrons. The molecule has 0 aromatic heterocycles. The highest BCUT2D eigenvalue weighted by Crippen LogP contribution is 2.33. The molecule has 0 bridgehead atoms. The molecule has 0 saturated carbocycles. The second-order valence-corrected chi connectivity index (χ2v) is 4.84. The van der Waals surface area contributed by atoms with Gasteiger partial charge in [-0.1, -0.05) is 22.0 Å². The van der Waals surface area contributed by atoms with Crippen LogP contribution in [0.3, 0.4) is 0 Å². The second kappa shape index (κ2) is 4.93. The van der Waals surface area contributed by atoms with Crippen molar-refractivity contribution in [3.05, 3.63) is 38.3 Å². The number of rotatable bonds is 2. The number of halogens is 1. The van der Waals surface area contributed by atoms with Crippen molar-refractivity contribution >= 4 is 21.6 Å². The number of hydrogen-bond acceptors (Lipinski definition) is 3. The van der Waals surface area contributed by atoms with Gasteiger partial charge in [-0.2, -0.15) is 0 Å². The first-order chi connectivity index (χ1) is 7.68. The Hall–Kier alpha value is -0.940. The van der Waals surface area contributed by atoms with Crippen LogP contribution >= 0.6 is 15.9 Å². The van der Waals surface area contributed by atoms with E-state index < -0.39 is 0 Å². The number of nitrogens with zero attached hydrogens (tertiary/aromatic N) is 1. The van der Waals surface area contributed by atoms with E-state index in [1.54, 1.807) is 12.1 Å². The SMILES string of the molecule is O=[N+]([O-])c1ccc(C2CCNCC2)c(Br)c1. The third-order valence-electron chi connectivity index (χ3n) is 2.97. The molecule has 1 fully saturated rings. The van der Waals surface area contributed by atoms with Gasteiger partial charge < -0.3 is 5.32 Å². The highest BCUT2D eigenvalue weighted by atomic mass is 79.9. The zero-order valence-electron chi connectivity index (χ0n) is 8.78. The number of non-ortho nitro benzene ring substituents is 1. The highest BCUT2D eigenvalue weighted by Gasteiger charge is 2.19. The smallest absolute Gasteiger partial charge is 0.270 e. The first kappa shape index (κ1) is 11.5. The van der Waals surface area contributed by atoms with Crippen LogP contribution in [0.2, 0.25) is 0 Å². The lowest BCUT2D eigenvalue weighted by Crippen LogP contribution is -2.26. The molecule has 0 spiro atoms. The maximum atomic E-state index is 10.6. The summed E-state index contributed by atoms with van der Waals surface area (Å²) in [6.07, 6.45) is 2.19. The molecule has 5 heteroatoms. The van der Waals surface area contributed by atoms with Crippen LogP contribution in [-0.4, -0.2) is 18.0 Å². The second-order valence-electron chi connectivity index (χ2n) is 3.99. The largest absolute Gasteiger partial charge is 0.317 e. The molecule has 0 aliphatic carbocycles. The monoisotopic (exact) mass is 284 g/mol. The fraction of sp³-hybridized carbons (Fsp3) is 0.455. The molecule has 1 N–H and O–H groups in total. The molecule has 1 aromatic rings. The maximum Gasteiger partial charge on any atom is 0.270 e. The van der Waals surface area contributed by atoms with Gasteiger partial charge in [0.1, 0.15) is 0 Å². The van der Waals surface area contributed by atoms with Gasteiger partial charge in [0.25, 0.3) is 5.69 Å². The Bertz CT molecular complexity index is 403. The molecular weight excluding hydrogens is 272 g/mol. The van der Waals surface area contributed by atoms with Gasteiger partial charge in [-0.25, -0.2) is 0 Å². The van der Waals surface area contributed by atoms with E-state index in [-0.39, 0.29) is 10.6 Å². The van der Waals surface area contributed by atoms with Crippen LogP contribution in [0.5, 0.6) is 0 Å². The Morgan fingerprint density at radius 1 is 1.38 bits per heavy atom. The standard InChI is InChI=1S/C11H13BrN2O2/c12-11-7-9(14(15)16)1-2-10(11)8-3-5-13-6-4-8/h1-2,7-8,13H,3-6H2. The first-order valence-electron chi connectivity index (χ1n) is 5.33. The molecule has 0 unspecified atom stereocenters. The maximum absolute atomic E-state index is 10.6. The quantitative estimate of drug-likeness (QED) is 0.671. The van der Waals surface area contributed by atoms with E-state index in [0.717, 1.165) is 30.4 Å². The number of benzene rings is 1. The third kappa shape index (κ3) is 2.41. The molecule has 16 heavy (non-hydrogen) atoms. The molecular formula is C11H13BrN2O2. The van der Waals surface area contributed by atoms with Crippen molar-refractivity contribution in [2.45, 2.75) is 18.8 Å². The summed E-state index contributed by atoms with van der Waals surface area (Å²) in [5.41, 5.74) is 1.33. The molecule has 1 saturated heterocycles. The van der Waals surface area contributed by atoms with Crippen LogP contribution < -0.4 is 5.32 Å². The van der Waals surface area contributed by atoms with Crippen molar-refractivity contribution in [3.63, 3.8) is 0 Å². The minimum absolute atomic E-state index is 0.143. The van der Waals surface area contributed by atoms with Crippen LogP contribution in [0.1, 0.15) is 24.3 Å². The van der Waals surface area contributed by atoms with E-state index in [1.165, 1.54) is 5.56 Å². The fourth-order valence-corrected chi connectivity index (χ4v) is 2.78. The summed E-state index contributed by atoms with van der Waals surface area (Å²) in [6, 6.07) is 5.05. The zero-order valence-corrected chi connectivity index (χ0v) is 10.4. The van der Waals surface area contributed by atoms with Gasteiger partial charge in [0.15, 0.2) is 0 Å². The van der Waals surface area contributed by atoms with Crippen molar-refractivity contribution in [1.29, 1.82) is 0 Å². The van der Waals surface area contributed by atoms with Crippen molar-refractivity contribution < 1.29 is 4.92 Å². The minimum atomic E-state index is -0.364. The highest BCUT2D eigenvalue weighted by molar-refractivity contribution is 9.10. The fourth-order valence-electron chi connectivity index (χ4n) is 2.09. The van der Waals surface area contributed by atoms with E-state index in [2.05, 4.69) is 21.2 Å². The van der Waals surface area contributed by atoms with Gasteiger partial charge in [0.2, 0.25) is 0 Å². The molecule has 2 rings (SSSR count). The summed E-state index contributed by atoms with van der Waals surface area (Å²) >= 11 is 3.43. The minimum Gasteiger partial charge on any atom is -0.317 e. The molecule has 1 aromatic carbocycles. The predicted octanol–water partition coefficient (Wildman–Crippen LogP) is 2.82. The van der Waals surface area contributed by atoms with Gasteiger partial charge in [0.05, 0.1) is 4.92 Å². The Labute approximate surface area is 102 Å². The van der Waals surface area contributed by atoms with E-state index in [9.17, 15) is 10.1 Å². The zero-order chi connectivity index (χ0) is 11.5. The Morgan fingerprint density at radius 2 is 2.06 bits per heavy atom. The Kier molecular flexibility index (Phi) is 3.56. The molecule has 0 amide bonds. The van der Waals surface area contributed by atoms with E-state index in [1.807, 2.05) is 6.07 Å². The van der Waals surface area contributed by atoms with Crippen LogP contribution in [0.15, 0.2) is 22.7 Å². The van der Waals surface area contributed by atoms with Crippen molar-refractivity contribution in [1.82, 2.24) is 5.32 Å². The molecule has 1 heterocycles. The average Bonchev–Trinajstić information content (AvgIpc) is 2.30. The summed E-state index contributed by atoms with van der Waals surface area (Å²) < 4.78 is 0.855. The van der Waals surface area contributed by atoms with Gasteiger partial charge in [-0.05, 0) is 37.4 Å². The van der Waals surface area contributed by atoms with E-state index in [4.69, 9.17) is 0 Å². The summed E-state index contributed by atoms with van der Waals surface area (Å²) in [5, 5.41) is 13.9. The van der Waals surface area contributed by atoms with E-state index in [0.29, 0.717) is 5.92 Å². The summed E-state index contributed by atoms with van der Waals surface area (Å²) in [5.74, 6) is 0.511. The van der Waals surface area contributed by atoms with Crippen LogP contribution in [-0.2, 0) is 0 Å². The molecule has 1 aliphatic rings. The number of nitro benzene ring substituents is 1. The molecule has 4 nitrogen and oxygen atoms in total. The third-order valence-corrected chi connectivity index (χ3v) is 3.66. The molecule has 86 valence electrons. The Morgan fingerprint density at radius 3 is 2.62 bits per heavy atom.